The second kappa shape index (κ2) is 52.7. The van der Waals surface area contributed by atoms with Gasteiger partial charge in [0, 0.05) is 110 Å². The van der Waals surface area contributed by atoms with Gasteiger partial charge in [0.1, 0.15) is 16.7 Å². The molecule has 4 N–H and O–H groups in total. The van der Waals surface area contributed by atoms with Gasteiger partial charge in [-0.3, -0.25) is 56.6 Å². The molecule has 0 radical (unpaired) electrons. The van der Waals surface area contributed by atoms with E-state index < -0.39 is 153 Å². The number of nitrogens with one attached hydrogen (secondary N) is 4. The van der Waals surface area contributed by atoms with Crippen LogP contribution in [0.25, 0.3) is 22.7 Å². The van der Waals surface area contributed by atoms with Gasteiger partial charge in [-0.05, 0) is 273 Å². The number of amides is 3. The second-order valence-corrected chi connectivity index (χ2v) is 40.1. The fourth-order valence-electron chi connectivity index (χ4n) is 16.0. The highest BCUT2D eigenvalue weighted by molar-refractivity contribution is 7.86. The van der Waals surface area contributed by atoms with Crippen LogP contribution >= 0.6 is 0 Å². The summed E-state index contributed by atoms with van der Waals surface area (Å²) in [5.41, 5.74) is -8.12. The van der Waals surface area contributed by atoms with Crippen LogP contribution < -0.4 is 38.2 Å². The summed E-state index contributed by atoms with van der Waals surface area (Å²) in [4.78, 5) is 110. The van der Waals surface area contributed by atoms with E-state index in [9.17, 15) is 129 Å². The molecule has 26 nitrogen and oxygen atoms in total. The van der Waals surface area contributed by atoms with Crippen molar-refractivity contribution in [3.05, 3.63) is 349 Å². The van der Waals surface area contributed by atoms with Gasteiger partial charge in [-0.25, -0.2) is 16.8 Å². The predicted octanol–water partition coefficient (Wildman–Crippen LogP) is 20.5. The van der Waals surface area contributed by atoms with E-state index in [0.717, 1.165) is 142 Å². The number of carbonyl (C=O) groups excluding carboxylic acids is 4. The van der Waals surface area contributed by atoms with E-state index in [2.05, 4.69) is 16.0 Å². The SMILES string of the molecule is Cc1c(S(=O)c2ccc(C#N)cc2)cc(C(=O)CCCCCCCCCCCNC(=O)c2cc(S(=O)c3ccc(C#N)cc3)c(C)n(-c3cccc(C(F)(F)F)c3)c2=O)c(=O)n1-c1cccc(C(F)(F)F)c1.Cc1c(S(=O)c2ccc(C#N)cc2)cc(C(=O)NCCOCCCCC(=N)CCCCOCCNC(=O)c2cc(S(=O)c3ccc(C#N)cc3)c(C)n(-c3cccc(C(F)(F)F)c3)c2=O)c(=O)n1-c1cccc(C(F)(F)F)c1. The van der Waals surface area contributed by atoms with E-state index in [4.69, 9.17) is 14.9 Å². The van der Waals surface area contributed by atoms with E-state index in [-0.39, 0.29) is 130 Å². The maximum atomic E-state index is 13.8. The van der Waals surface area contributed by atoms with Crippen molar-refractivity contribution in [2.24, 2.45) is 0 Å². The van der Waals surface area contributed by atoms with E-state index in [1.807, 2.05) is 24.3 Å². The largest absolute Gasteiger partial charge is 0.416 e. The van der Waals surface area contributed by atoms with Gasteiger partial charge < -0.3 is 30.8 Å². The molecule has 12 aromatic rings. The number of ketones is 1. The van der Waals surface area contributed by atoms with Crippen molar-refractivity contribution in [3.63, 3.8) is 0 Å². The van der Waals surface area contributed by atoms with Gasteiger partial charge in [-0.1, -0.05) is 69.2 Å². The second-order valence-electron chi connectivity index (χ2n) is 34.3. The van der Waals surface area contributed by atoms with Gasteiger partial charge in [-0.2, -0.15) is 73.7 Å². The van der Waals surface area contributed by atoms with Crippen molar-refractivity contribution in [2.45, 2.75) is 194 Å². The summed E-state index contributed by atoms with van der Waals surface area (Å²) in [5.74, 6) is -3.08. The monoisotopic (exact) mass is 2140 g/mol. The lowest BCUT2D eigenvalue weighted by Crippen LogP contribution is -2.35. The predicted molar refractivity (Wildman–Crippen MR) is 535 cm³/mol. The van der Waals surface area contributed by atoms with Crippen LogP contribution in [0, 0.1) is 78.4 Å². The quantitative estimate of drug-likeness (QED) is 0.0119. The van der Waals surface area contributed by atoms with Crippen LogP contribution in [0.1, 0.15) is 211 Å². The van der Waals surface area contributed by atoms with Gasteiger partial charge in [0.05, 0.1) is 150 Å². The molecule has 4 aromatic heterocycles. The Labute approximate surface area is 862 Å². The molecule has 3 amide bonds. The van der Waals surface area contributed by atoms with Crippen molar-refractivity contribution in [1.82, 2.24) is 34.2 Å². The van der Waals surface area contributed by atoms with Crippen LogP contribution in [0.15, 0.2) is 277 Å². The summed E-state index contributed by atoms with van der Waals surface area (Å²) < 4.78 is 234. The Morgan fingerprint density at radius 2 is 0.540 bits per heavy atom. The third-order valence-corrected chi connectivity index (χ3v) is 30.0. The zero-order valence-corrected chi connectivity index (χ0v) is 84.3. The number of nitriles is 4. The maximum absolute atomic E-state index is 13.8. The highest BCUT2D eigenvalue weighted by Crippen LogP contribution is 2.38. The van der Waals surface area contributed by atoms with Gasteiger partial charge in [0.25, 0.3) is 40.0 Å². The van der Waals surface area contributed by atoms with E-state index >= 15 is 0 Å². The fraction of sp³-hybridized carbons (Fsp3) is 0.287. The van der Waals surface area contributed by atoms with E-state index in [1.54, 1.807) is 0 Å². The number of hydrogen-bond donors (Lipinski definition) is 4. The Morgan fingerprint density at radius 1 is 0.307 bits per heavy atom. The van der Waals surface area contributed by atoms with Crippen LogP contribution in [0.2, 0.25) is 0 Å². The first kappa shape index (κ1) is 115. The molecule has 4 atom stereocenters. The zero-order chi connectivity index (χ0) is 109. The average Bonchev–Trinajstić information content (AvgIpc) is 0.773. The van der Waals surface area contributed by atoms with E-state index in [1.165, 1.54) is 161 Å². The number of rotatable bonds is 44. The molecule has 0 bridgehead atoms. The summed E-state index contributed by atoms with van der Waals surface area (Å²) in [6.07, 6.45) is -9.02. The van der Waals surface area contributed by atoms with Crippen LogP contribution in [0.4, 0.5) is 52.7 Å². The van der Waals surface area contributed by atoms with Crippen LogP contribution in [0.5, 0.6) is 0 Å². The zero-order valence-electron chi connectivity index (χ0n) is 81.0. The number of unbranched alkanes of at least 4 members (excludes halogenated alkanes) is 10. The Hall–Kier alpha value is -15.1. The lowest BCUT2D eigenvalue weighted by atomic mass is 10.0. The molecule has 12 rings (SSSR count). The van der Waals surface area contributed by atoms with Crippen molar-refractivity contribution in [3.8, 4) is 47.0 Å². The molecular weight excluding hydrogens is 2050 g/mol. The summed E-state index contributed by atoms with van der Waals surface area (Å²) in [6.45, 7) is 6.45. The first-order valence-electron chi connectivity index (χ1n) is 46.9. The lowest BCUT2D eigenvalue weighted by molar-refractivity contribution is -0.138. The maximum Gasteiger partial charge on any atom is 0.416 e. The molecule has 0 fully saturated rings. The Bertz CT molecular complexity index is 7130. The Balaban J connectivity index is 0.000000285. The summed E-state index contributed by atoms with van der Waals surface area (Å²) >= 11 is 0. The van der Waals surface area contributed by atoms with Crippen molar-refractivity contribution in [1.29, 1.82) is 26.5 Å². The number of aromatic nitrogens is 4. The Morgan fingerprint density at radius 3 is 0.800 bits per heavy atom. The molecule has 4 unspecified atom stereocenters. The number of benzene rings is 8. The Kier molecular flexibility index (Phi) is 40.5. The van der Waals surface area contributed by atoms with Gasteiger partial charge in [0.15, 0.2) is 5.78 Å². The third kappa shape index (κ3) is 30.0. The number of Topliss-reactive ketones (excluding diaryl/α,β-unsaturated/α-hetero) is 1. The van der Waals surface area contributed by atoms with E-state index in [0.29, 0.717) is 99.0 Å². The third-order valence-electron chi connectivity index (χ3n) is 23.9. The van der Waals surface area contributed by atoms with Gasteiger partial charge >= 0.3 is 24.7 Å². The molecular formula is C108H98F12N12O14S4. The number of pyridine rings is 4. The van der Waals surface area contributed by atoms with Crippen LogP contribution in [0.3, 0.4) is 0 Å². The van der Waals surface area contributed by atoms with Crippen LogP contribution in [-0.2, 0) is 77.4 Å². The van der Waals surface area contributed by atoms with Crippen molar-refractivity contribution < 1.29 is 98.2 Å². The lowest BCUT2D eigenvalue weighted by Gasteiger charge is -2.18. The number of ether oxygens (including phenoxy) is 2. The first-order valence-corrected chi connectivity index (χ1v) is 51.5. The molecule has 0 aliphatic rings. The summed E-state index contributed by atoms with van der Waals surface area (Å²) in [5, 5.41) is 52.9. The summed E-state index contributed by atoms with van der Waals surface area (Å²) in [7, 11) is -8.00. The topological polar surface area (TPSA) is 398 Å². The highest BCUT2D eigenvalue weighted by atomic mass is 32.2. The number of nitrogens with zero attached hydrogens (tertiary/aromatic N) is 8. The minimum absolute atomic E-state index is 0.00752. The van der Waals surface area contributed by atoms with Gasteiger partial charge in [-0.15, -0.1) is 0 Å². The number of halogens is 12. The standard InChI is InChI=1S/C55H51F6N7O8S2.C53H47F6N5O6S2/c1-35-48(77(73)44-19-15-37(33-62)16-20-44)31-46(52(71)67(35)42-13-7-9-39(29-42)54(56,57)58)50(69)65-23-27-75-25-5-3-11-41(64)12-4-6-26-76-28-24-66-51(70)47-32-49(78(74)45-21-17-38(34-63)18-22-45)36(2)68(53(47)72)43-14-8-10-40(30-43)55(59,60)61;1-34-47(71(69)42-23-19-36(32-60)20-24-42)30-44(50(67)63(34)40-16-12-14-38(28-40)52(54,55)56)46(65)18-10-8-6-4-3-5-7-9-11-27-62-49(66)45-31-48(72(70)43-25-21-37(33-61)22-26-43)35(2)64(51(45)68)41-17-13-15-39(29-41)53(57,58)59/h7-10,13-22,29-32,64H,3-6,11-12,23-28H2,1-2H3,(H,65,69)(H,66,70);12-17,19-26,28-31H,3-11,18,27H2,1-2H3,(H,62,66). The van der Waals surface area contributed by atoms with Gasteiger partial charge in [0.2, 0.25) is 0 Å². The molecule has 4 heterocycles. The molecule has 0 saturated heterocycles. The molecule has 8 aromatic carbocycles. The molecule has 782 valence electrons. The van der Waals surface area contributed by atoms with Crippen LogP contribution in [-0.4, -0.2) is 110 Å². The minimum Gasteiger partial charge on any atom is -0.380 e. The normalized spacial score (nSPS) is 12.3. The molecule has 150 heavy (non-hydrogen) atoms. The average molecular weight is 2140 g/mol. The first-order chi connectivity index (χ1) is 71.4. The van der Waals surface area contributed by atoms with Crippen molar-refractivity contribution in [2.75, 3.05) is 46.1 Å². The summed E-state index contributed by atoms with van der Waals surface area (Å²) in [6, 6.07) is 51.8. The smallest absolute Gasteiger partial charge is 0.380 e. The molecule has 0 aliphatic heterocycles. The van der Waals surface area contributed by atoms with Crippen molar-refractivity contribution >= 4 is 72.4 Å². The molecule has 0 spiro atoms. The molecule has 0 saturated carbocycles. The number of carbonyl (C=O) groups is 4. The fourth-order valence-corrected chi connectivity index (χ4v) is 20.9. The molecule has 42 heteroatoms. The molecule has 0 aliphatic carbocycles. The number of hydrogen-bond acceptors (Lipinski definition) is 19. The highest BCUT2D eigenvalue weighted by Gasteiger charge is 2.37. The minimum atomic E-state index is -4.74. The number of alkyl halides is 12.